The maximum Gasteiger partial charge on any atom is 0.325 e. The summed E-state index contributed by atoms with van der Waals surface area (Å²) in [4.78, 5) is 38.2. The number of hydrogen-bond donors (Lipinski definition) is 1. The van der Waals surface area contributed by atoms with Crippen LogP contribution in [0.15, 0.2) is 0 Å². The van der Waals surface area contributed by atoms with Gasteiger partial charge in [0.1, 0.15) is 18.2 Å². The molecule has 0 atom stereocenters. The lowest BCUT2D eigenvalue weighted by Crippen LogP contribution is -2.45. The summed E-state index contributed by atoms with van der Waals surface area (Å²) in [6, 6.07) is -0.484. The number of rotatable bonds is 3. The molecule has 4 amide bonds. The van der Waals surface area contributed by atoms with Crippen LogP contribution in [0.2, 0.25) is 0 Å². The van der Waals surface area contributed by atoms with Crippen LogP contribution < -0.4 is 5.32 Å². The van der Waals surface area contributed by atoms with Crippen molar-refractivity contribution in [3.05, 3.63) is 11.6 Å². The van der Waals surface area contributed by atoms with E-state index in [9.17, 15) is 14.4 Å². The van der Waals surface area contributed by atoms with Gasteiger partial charge in [0.15, 0.2) is 0 Å². The normalized spacial score (nSPS) is 21.3. The van der Waals surface area contributed by atoms with Gasteiger partial charge in [-0.05, 0) is 19.3 Å². The Balaban J connectivity index is 1.35. The third kappa shape index (κ3) is 2.53. The van der Waals surface area contributed by atoms with Crippen molar-refractivity contribution < 1.29 is 14.4 Å². The second-order valence-electron chi connectivity index (χ2n) is 6.52. The molecule has 2 saturated heterocycles. The van der Waals surface area contributed by atoms with Crippen molar-refractivity contribution in [1.29, 1.82) is 0 Å². The first-order valence-electron chi connectivity index (χ1n) is 8.41. The number of aromatic nitrogens is 3. The molecule has 1 N–H and O–H groups in total. The van der Waals surface area contributed by atoms with Crippen LogP contribution in [-0.2, 0) is 22.6 Å². The first-order chi connectivity index (χ1) is 11.6. The minimum Gasteiger partial charge on any atom is -0.341 e. The lowest BCUT2D eigenvalue weighted by molar-refractivity contribution is -0.137. The number of carbonyl (C=O) groups excluding carboxylic acids is 3. The minimum absolute atomic E-state index is 0.0216. The van der Waals surface area contributed by atoms with E-state index in [0.717, 1.165) is 48.8 Å². The number of likely N-dealkylation sites (tertiary alicyclic amines) is 1. The average Bonchev–Trinajstić information content (AvgIpc) is 3.27. The van der Waals surface area contributed by atoms with E-state index in [1.165, 1.54) is 0 Å². The smallest absolute Gasteiger partial charge is 0.325 e. The summed E-state index contributed by atoms with van der Waals surface area (Å²) in [5, 5.41) is 11.0. The van der Waals surface area contributed by atoms with Crippen molar-refractivity contribution in [3.8, 4) is 0 Å². The number of nitrogens with zero attached hydrogens (tertiary/aromatic N) is 5. The van der Waals surface area contributed by atoms with E-state index >= 15 is 0 Å². The van der Waals surface area contributed by atoms with Crippen LogP contribution in [0.3, 0.4) is 0 Å². The summed E-state index contributed by atoms with van der Waals surface area (Å²) in [5.74, 6) is 1.92. The largest absolute Gasteiger partial charge is 0.341 e. The molecular formula is C15H20N6O3. The molecule has 0 unspecified atom stereocenters. The molecule has 4 heterocycles. The van der Waals surface area contributed by atoms with E-state index in [0.29, 0.717) is 19.0 Å². The van der Waals surface area contributed by atoms with Gasteiger partial charge in [0.05, 0.1) is 6.54 Å². The number of urea groups is 1. The summed E-state index contributed by atoms with van der Waals surface area (Å²) >= 11 is 0. The first kappa shape index (κ1) is 15.1. The number of aryl methyl sites for hydroxylation is 1. The van der Waals surface area contributed by atoms with Crippen LogP contribution in [-0.4, -0.2) is 68.6 Å². The number of hydrogen-bond acceptors (Lipinski definition) is 5. The number of piperidine rings is 1. The molecule has 3 aliphatic rings. The lowest BCUT2D eigenvalue weighted by Gasteiger charge is -2.32. The predicted octanol–water partition coefficient (Wildman–Crippen LogP) is -0.518. The minimum atomic E-state index is -0.484. The molecule has 1 aromatic heterocycles. The zero-order valence-electron chi connectivity index (χ0n) is 13.4. The van der Waals surface area contributed by atoms with Crippen molar-refractivity contribution in [2.24, 2.45) is 0 Å². The Hall–Kier alpha value is -2.45. The Morgan fingerprint density at radius 2 is 1.96 bits per heavy atom. The highest BCUT2D eigenvalue weighted by Crippen LogP contribution is 2.29. The van der Waals surface area contributed by atoms with Gasteiger partial charge in [0.25, 0.3) is 5.91 Å². The third-order valence-corrected chi connectivity index (χ3v) is 5.08. The Morgan fingerprint density at radius 1 is 1.17 bits per heavy atom. The van der Waals surface area contributed by atoms with Crippen LogP contribution in [0.25, 0.3) is 0 Å². The maximum atomic E-state index is 12.3. The highest BCUT2D eigenvalue weighted by molar-refractivity contribution is 6.04. The molecule has 9 heteroatoms. The van der Waals surface area contributed by atoms with Crippen LogP contribution >= 0.6 is 0 Å². The van der Waals surface area contributed by atoms with Crippen molar-refractivity contribution >= 4 is 17.8 Å². The van der Waals surface area contributed by atoms with E-state index in [4.69, 9.17) is 0 Å². The van der Waals surface area contributed by atoms with E-state index in [2.05, 4.69) is 20.1 Å². The van der Waals surface area contributed by atoms with Crippen molar-refractivity contribution in [2.75, 3.05) is 26.2 Å². The van der Waals surface area contributed by atoms with Crippen molar-refractivity contribution in [3.63, 3.8) is 0 Å². The number of imide groups is 1. The summed E-state index contributed by atoms with van der Waals surface area (Å²) < 4.78 is 2.22. The van der Waals surface area contributed by atoms with E-state index in [1.54, 1.807) is 4.90 Å². The molecule has 2 fully saturated rings. The molecule has 0 saturated carbocycles. The van der Waals surface area contributed by atoms with Gasteiger partial charge >= 0.3 is 6.03 Å². The molecule has 128 valence electrons. The molecule has 0 bridgehead atoms. The number of carbonyl (C=O) groups is 3. The molecule has 0 spiro atoms. The molecule has 9 nitrogen and oxygen atoms in total. The molecule has 0 aromatic carbocycles. The summed E-state index contributed by atoms with van der Waals surface area (Å²) in [6.45, 7) is 2.04. The fraction of sp³-hybridized carbons (Fsp3) is 0.667. The SMILES string of the molecule is O=C(CN1C(=O)CNC1=O)N1CCC(c2nnc3n2CCC3)CC1. The highest BCUT2D eigenvalue weighted by Gasteiger charge is 2.34. The Labute approximate surface area is 139 Å². The molecule has 4 rings (SSSR count). The zero-order chi connectivity index (χ0) is 16.7. The van der Waals surface area contributed by atoms with Gasteiger partial charge in [-0.2, -0.15) is 0 Å². The van der Waals surface area contributed by atoms with E-state index in [-0.39, 0.29) is 24.9 Å². The summed E-state index contributed by atoms with van der Waals surface area (Å²) in [7, 11) is 0. The first-order valence-corrected chi connectivity index (χ1v) is 8.41. The van der Waals surface area contributed by atoms with Crippen molar-refractivity contribution in [2.45, 2.75) is 38.1 Å². The summed E-state index contributed by atoms with van der Waals surface area (Å²) in [6.07, 6.45) is 3.80. The van der Waals surface area contributed by atoms with Crippen LogP contribution in [0.4, 0.5) is 4.79 Å². The van der Waals surface area contributed by atoms with E-state index in [1.807, 2.05) is 0 Å². The van der Waals surface area contributed by atoms with Gasteiger partial charge in [-0.3, -0.25) is 14.5 Å². The Kier molecular flexibility index (Phi) is 3.70. The number of fused-ring (bicyclic) bond motifs is 1. The molecular weight excluding hydrogens is 312 g/mol. The van der Waals surface area contributed by atoms with Crippen LogP contribution in [0.1, 0.15) is 36.8 Å². The zero-order valence-corrected chi connectivity index (χ0v) is 13.4. The fourth-order valence-corrected chi connectivity index (χ4v) is 3.71. The van der Waals surface area contributed by atoms with Gasteiger partial charge < -0.3 is 14.8 Å². The molecule has 0 radical (unpaired) electrons. The molecule has 0 aliphatic carbocycles. The fourth-order valence-electron chi connectivity index (χ4n) is 3.71. The highest BCUT2D eigenvalue weighted by atomic mass is 16.2. The molecule has 1 aromatic rings. The second kappa shape index (κ2) is 5.88. The van der Waals surface area contributed by atoms with Crippen LogP contribution in [0, 0.1) is 0 Å². The summed E-state index contributed by atoms with van der Waals surface area (Å²) in [5.41, 5.74) is 0. The van der Waals surface area contributed by atoms with E-state index < -0.39 is 6.03 Å². The van der Waals surface area contributed by atoms with Crippen LogP contribution in [0.5, 0.6) is 0 Å². The molecule has 24 heavy (non-hydrogen) atoms. The Morgan fingerprint density at radius 3 is 2.67 bits per heavy atom. The monoisotopic (exact) mass is 332 g/mol. The van der Waals surface area contributed by atoms with Gasteiger partial charge in [-0.15, -0.1) is 10.2 Å². The molecule has 3 aliphatic heterocycles. The quantitative estimate of drug-likeness (QED) is 0.751. The van der Waals surface area contributed by atoms with Gasteiger partial charge in [-0.25, -0.2) is 4.79 Å². The predicted molar refractivity (Wildman–Crippen MR) is 82.0 cm³/mol. The number of nitrogens with one attached hydrogen (secondary N) is 1. The average molecular weight is 332 g/mol. The standard InChI is InChI=1S/C15H20N6O3/c22-12-8-16-15(24)21(12)9-13(23)19-6-3-10(4-7-19)14-18-17-11-2-1-5-20(11)14/h10H,1-9H2,(H,16,24). The van der Waals surface area contributed by atoms with Gasteiger partial charge in [0.2, 0.25) is 5.91 Å². The number of amides is 4. The topological polar surface area (TPSA) is 100 Å². The van der Waals surface area contributed by atoms with Gasteiger partial charge in [0, 0.05) is 32.0 Å². The van der Waals surface area contributed by atoms with Gasteiger partial charge in [-0.1, -0.05) is 0 Å². The third-order valence-electron chi connectivity index (χ3n) is 5.08. The lowest BCUT2D eigenvalue weighted by atomic mass is 9.96. The Bertz CT molecular complexity index is 675. The second-order valence-corrected chi connectivity index (χ2v) is 6.52. The maximum absolute atomic E-state index is 12.3. The van der Waals surface area contributed by atoms with Crippen molar-refractivity contribution in [1.82, 2.24) is 29.9 Å².